The molecule has 6 nitrogen and oxygen atoms in total. The average molecular weight is 394 g/mol. The molecule has 1 aliphatic rings. The van der Waals surface area contributed by atoms with Crippen LogP contribution >= 0.6 is 22.3 Å². The second-order valence-corrected chi connectivity index (χ2v) is 7.95. The van der Waals surface area contributed by atoms with Crippen LogP contribution in [0.3, 0.4) is 0 Å². The number of methoxy groups -OCH3 is 1. The number of hydrogen-bond donors (Lipinski definition) is 2. The van der Waals surface area contributed by atoms with Gasteiger partial charge < -0.3 is 10.5 Å². The van der Waals surface area contributed by atoms with Crippen molar-refractivity contribution >= 4 is 39.9 Å². The molecule has 1 heterocycles. The lowest BCUT2D eigenvalue weighted by molar-refractivity contribution is -0.145. The van der Waals surface area contributed by atoms with Gasteiger partial charge in [-0.25, -0.2) is 0 Å². The summed E-state index contributed by atoms with van der Waals surface area (Å²) < 4.78 is 7.66. The van der Waals surface area contributed by atoms with Crippen LogP contribution in [0.2, 0.25) is 5.02 Å². The number of rotatable bonds is 5. The number of thiophene rings is 1. The van der Waals surface area contributed by atoms with Crippen molar-refractivity contribution in [1.82, 2.24) is 0 Å². The zero-order valence-electron chi connectivity index (χ0n) is 14.1. The molecule has 0 saturated heterocycles. The molecule has 1 aromatic heterocycles. The minimum Gasteiger partial charge on any atom is -0.469 e. The minimum atomic E-state index is -0.767. The van der Waals surface area contributed by atoms with E-state index in [1.165, 1.54) is 7.11 Å². The molecule has 26 heavy (non-hydrogen) atoms. The lowest BCUT2D eigenvalue weighted by Gasteiger charge is -2.06. The van der Waals surface area contributed by atoms with Gasteiger partial charge in [-0.3, -0.25) is 14.4 Å². The Balaban J connectivity index is 2.03. The van der Waals surface area contributed by atoms with Gasteiger partial charge in [0.05, 0.1) is 40.8 Å². The minimum absolute atomic E-state index is 0.145. The first-order valence-electron chi connectivity index (χ1n) is 8.00. The Hall–Kier alpha value is -2.22. The highest BCUT2D eigenvalue weighted by atomic mass is 35.5. The lowest BCUT2D eigenvalue weighted by Crippen LogP contribution is -2.21. The molecule has 2 atom stereocenters. The Kier molecular flexibility index (Phi) is 5.41. The van der Waals surface area contributed by atoms with Gasteiger partial charge in [0.15, 0.2) is 16.0 Å². The largest absolute Gasteiger partial charge is 0.469 e. The van der Waals surface area contributed by atoms with Gasteiger partial charge in [-0.2, -0.15) is 4.72 Å². The van der Waals surface area contributed by atoms with Crippen molar-refractivity contribution in [2.75, 3.05) is 18.4 Å². The summed E-state index contributed by atoms with van der Waals surface area (Å²) in [7, 11) is 0.574. The van der Waals surface area contributed by atoms with Crippen molar-refractivity contribution in [3.8, 4) is 0 Å². The first kappa shape index (κ1) is 18.6. The summed E-state index contributed by atoms with van der Waals surface area (Å²) in [4.78, 5) is 37.6. The molecule has 0 bridgehead atoms. The van der Waals surface area contributed by atoms with Gasteiger partial charge in [-0.15, -0.1) is 0 Å². The predicted octanol–water partition coefficient (Wildman–Crippen LogP) is 2.24. The van der Waals surface area contributed by atoms with E-state index in [1.807, 2.05) is 0 Å². The number of carbonyl (C=O) groups excluding carboxylic acids is 3. The van der Waals surface area contributed by atoms with E-state index in [-0.39, 0.29) is 30.1 Å². The van der Waals surface area contributed by atoms with Gasteiger partial charge in [-0.05, 0) is 18.6 Å². The van der Waals surface area contributed by atoms with Crippen LogP contribution in [0.25, 0.3) is 0 Å². The summed E-state index contributed by atoms with van der Waals surface area (Å²) in [5, 5.41) is 2.11. The van der Waals surface area contributed by atoms with Crippen molar-refractivity contribution in [2.24, 2.45) is 11.7 Å². The van der Waals surface area contributed by atoms with Crippen LogP contribution in [0.4, 0.5) is 0 Å². The maximum absolute atomic E-state index is 13.0. The topological polar surface area (TPSA) is 98.5 Å². The van der Waals surface area contributed by atoms with E-state index < -0.39 is 10.7 Å². The van der Waals surface area contributed by atoms with E-state index in [9.17, 15) is 14.4 Å². The molecule has 0 spiro atoms. The van der Waals surface area contributed by atoms with Gasteiger partial charge in [0.25, 0.3) is 5.91 Å². The van der Waals surface area contributed by atoms with Crippen molar-refractivity contribution in [3.63, 3.8) is 0 Å². The van der Waals surface area contributed by atoms with Crippen LogP contribution < -0.4 is 10.5 Å². The maximum atomic E-state index is 13.0. The second kappa shape index (κ2) is 7.57. The van der Waals surface area contributed by atoms with Crippen molar-refractivity contribution in [1.29, 1.82) is 0 Å². The third-order valence-electron chi connectivity index (χ3n) is 4.35. The first-order chi connectivity index (χ1) is 12.5. The Bertz CT molecular complexity index is 893. The van der Waals surface area contributed by atoms with Gasteiger partial charge in [0.2, 0.25) is 0 Å². The SMILES string of the molecule is COC(=O)C1Cc2c(C(=O)c3ccccc3Cl)c[s+](NC(=O)CN)c2C1. The molecule has 2 unspecified atom stereocenters. The molecule has 136 valence electrons. The molecule has 2 aromatic rings. The van der Waals surface area contributed by atoms with Crippen molar-refractivity contribution in [2.45, 2.75) is 12.8 Å². The zero-order valence-corrected chi connectivity index (χ0v) is 15.7. The van der Waals surface area contributed by atoms with E-state index in [4.69, 9.17) is 22.1 Å². The first-order valence-corrected chi connectivity index (χ1v) is 9.66. The second-order valence-electron chi connectivity index (χ2n) is 5.94. The number of benzene rings is 1. The molecular formula is C18H18ClN2O4S+. The van der Waals surface area contributed by atoms with Crippen molar-refractivity contribution < 1.29 is 19.1 Å². The quantitative estimate of drug-likeness (QED) is 0.461. The predicted molar refractivity (Wildman–Crippen MR) is 100 cm³/mol. The highest BCUT2D eigenvalue weighted by molar-refractivity contribution is 7.33. The van der Waals surface area contributed by atoms with Crippen LogP contribution in [0.15, 0.2) is 29.6 Å². The Morgan fingerprint density at radius 1 is 1.27 bits per heavy atom. The number of ether oxygens (including phenoxy) is 1. The van der Waals surface area contributed by atoms with Gasteiger partial charge >= 0.3 is 5.97 Å². The molecule has 3 N–H and O–H groups in total. The molecular weight excluding hydrogens is 376 g/mol. The Morgan fingerprint density at radius 2 is 2.00 bits per heavy atom. The zero-order chi connectivity index (χ0) is 18.8. The molecule has 8 heteroatoms. The van der Waals surface area contributed by atoms with Gasteiger partial charge in [-0.1, -0.05) is 23.7 Å². The summed E-state index contributed by atoms with van der Waals surface area (Å²) in [6.07, 6.45) is 0.859. The van der Waals surface area contributed by atoms with E-state index in [2.05, 4.69) is 4.72 Å². The number of esters is 1. The fourth-order valence-electron chi connectivity index (χ4n) is 3.09. The highest BCUT2D eigenvalue weighted by Crippen LogP contribution is 2.41. The molecule has 0 radical (unpaired) electrons. The van der Waals surface area contributed by atoms with E-state index in [1.54, 1.807) is 29.6 Å². The van der Waals surface area contributed by atoms with Crippen LogP contribution in [0, 0.1) is 5.92 Å². The van der Waals surface area contributed by atoms with E-state index in [0.29, 0.717) is 29.0 Å². The molecule has 0 fully saturated rings. The standard InChI is InChI=1S/C18H17ClN2O4S/c1-25-18(24)10-6-12-13(17(23)11-4-2-3-5-14(11)19)9-26(15(12)7-10)21-16(22)8-20/h2-5,9-10H,6-8,20H2,1H3/p+1. The summed E-state index contributed by atoms with van der Waals surface area (Å²) in [6, 6.07) is 6.81. The molecule has 0 aliphatic heterocycles. The Labute approximate surface area is 158 Å². The lowest BCUT2D eigenvalue weighted by atomic mass is 9.99. The average Bonchev–Trinajstić information content (AvgIpc) is 3.21. The number of amides is 1. The molecule has 1 aromatic carbocycles. The smallest absolute Gasteiger partial charge is 0.309 e. The third kappa shape index (κ3) is 3.38. The summed E-state index contributed by atoms with van der Waals surface area (Å²) in [6.45, 7) is -0.145. The van der Waals surface area contributed by atoms with Crippen LogP contribution in [0.1, 0.15) is 26.4 Å². The number of ketones is 1. The maximum Gasteiger partial charge on any atom is 0.309 e. The van der Waals surface area contributed by atoms with Crippen molar-refractivity contribution in [3.05, 3.63) is 56.2 Å². The van der Waals surface area contributed by atoms with Crippen LogP contribution in [-0.4, -0.2) is 31.3 Å². The summed E-state index contributed by atoms with van der Waals surface area (Å²) >= 11 is 6.16. The third-order valence-corrected chi connectivity index (χ3v) is 6.54. The normalized spacial score (nSPS) is 16.1. The van der Waals surface area contributed by atoms with Crippen LogP contribution in [0.5, 0.6) is 0 Å². The fraction of sp³-hybridized carbons (Fsp3) is 0.278. The number of fused-ring (bicyclic) bond motifs is 1. The monoisotopic (exact) mass is 393 g/mol. The number of carbonyl (C=O) groups is 3. The molecule has 1 aliphatic carbocycles. The Morgan fingerprint density at radius 3 is 2.65 bits per heavy atom. The number of nitrogens with two attached hydrogens (primary N) is 1. The number of hydrogen-bond acceptors (Lipinski definition) is 5. The van der Waals surface area contributed by atoms with Gasteiger partial charge in [0.1, 0.15) is 0 Å². The van der Waals surface area contributed by atoms with Gasteiger partial charge in [0, 0.05) is 17.5 Å². The summed E-state index contributed by atoms with van der Waals surface area (Å²) in [5.74, 6) is -1.20. The summed E-state index contributed by atoms with van der Waals surface area (Å²) in [5.41, 5.74) is 7.06. The highest BCUT2D eigenvalue weighted by Gasteiger charge is 2.41. The van der Waals surface area contributed by atoms with E-state index >= 15 is 0 Å². The number of nitrogens with one attached hydrogen (secondary N) is 1. The van der Waals surface area contributed by atoms with Crippen LogP contribution in [-0.2, 0) is 27.2 Å². The molecule has 0 saturated carbocycles. The molecule has 1 amide bonds. The fourth-order valence-corrected chi connectivity index (χ4v) is 5.29. The number of halogens is 1. The van der Waals surface area contributed by atoms with E-state index in [0.717, 1.165) is 10.4 Å². The molecule has 3 rings (SSSR count).